The van der Waals surface area contributed by atoms with E-state index in [1.807, 2.05) is 0 Å². The topological polar surface area (TPSA) is 95.9 Å². The second-order valence-corrected chi connectivity index (χ2v) is 4.50. The summed E-state index contributed by atoms with van der Waals surface area (Å²) in [5, 5.41) is 10.7. The minimum atomic E-state index is -1.11. The first-order valence-corrected chi connectivity index (χ1v) is 5.04. The third-order valence-corrected chi connectivity index (χ3v) is 1.58. The average molecular weight is 248 g/mol. The molecule has 7 nitrogen and oxygen atoms in total. The standard InChI is InChI=1S/C10H18N2O5/c1-10(2,3)17-9(16)11-5-7(13)12(4)6-8(14)15/h5-6H2,1-4H3,(H,11,16)(H,14,15)/i8+2. The van der Waals surface area contributed by atoms with Gasteiger partial charge in [0.25, 0.3) is 0 Å². The van der Waals surface area contributed by atoms with Crippen molar-refractivity contribution in [2.24, 2.45) is 0 Å². The molecule has 0 aromatic heterocycles. The van der Waals surface area contributed by atoms with Crippen LogP contribution in [0.5, 0.6) is 0 Å². The van der Waals surface area contributed by atoms with Crippen molar-refractivity contribution in [3.8, 4) is 0 Å². The van der Waals surface area contributed by atoms with Gasteiger partial charge in [0.1, 0.15) is 18.7 Å². The Bertz CT molecular complexity index is 308. The van der Waals surface area contributed by atoms with Gasteiger partial charge in [-0.25, -0.2) is 4.79 Å². The third-order valence-electron chi connectivity index (χ3n) is 1.58. The number of aliphatic carboxylic acids is 1. The van der Waals surface area contributed by atoms with Crippen LogP contribution in [0.4, 0.5) is 4.79 Å². The van der Waals surface area contributed by atoms with Gasteiger partial charge in [-0.05, 0) is 20.8 Å². The average Bonchev–Trinajstić information content (AvgIpc) is 2.10. The Hall–Kier alpha value is -1.79. The molecule has 0 atom stereocenters. The van der Waals surface area contributed by atoms with E-state index in [-0.39, 0.29) is 6.54 Å². The van der Waals surface area contributed by atoms with Crippen LogP contribution in [-0.4, -0.2) is 53.7 Å². The molecule has 0 radical (unpaired) electrons. The highest BCUT2D eigenvalue weighted by molar-refractivity contribution is 5.84. The summed E-state index contributed by atoms with van der Waals surface area (Å²) in [4.78, 5) is 33.9. The quantitative estimate of drug-likeness (QED) is 0.733. The number of nitrogens with one attached hydrogen (secondary N) is 1. The summed E-state index contributed by atoms with van der Waals surface area (Å²) < 4.78 is 4.91. The number of hydrogen-bond acceptors (Lipinski definition) is 4. The van der Waals surface area contributed by atoms with Crippen molar-refractivity contribution < 1.29 is 24.2 Å². The molecule has 0 unspecified atom stereocenters. The number of hydrogen-bond donors (Lipinski definition) is 2. The zero-order chi connectivity index (χ0) is 13.6. The maximum Gasteiger partial charge on any atom is 0.408 e. The van der Waals surface area contributed by atoms with Gasteiger partial charge in [0, 0.05) is 7.05 Å². The molecule has 2 amide bonds. The second-order valence-electron chi connectivity index (χ2n) is 4.50. The molecular formula is C10H18N2O5. The summed E-state index contributed by atoms with van der Waals surface area (Å²) in [5.41, 5.74) is -0.639. The Morgan fingerprint density at radius 3 is 2.35 bits per heavy atom. The molecule has 0 bridgehead atoms. The van der Waals surface area contributed by atoms with Crippen LogP contribution in [0.15, 0.2) is 0 Å². The van der Waals surface area contributed by atoms with Crippen LogP contribution in [0.25, 0.3) is 0 Å². The number of carbonyl (C=O) groups is 3. The summed E-state index contributed by atoms with van der Waals surface area (Å²) in [6, 6.07) is 0. The molecule has 0 aromatic carbocycles. The molecule has 0 saturated heterocycles. The van der Waals surface area contributed by atoms with Gasteiger partial charge >= 0.3 is 12.1 Å². The first-order valence-electron chi connectivity index (χ1n) is 5.04. The van der Waals surface area contributed by atoms with E-state index in [1.54, 1.807) is 20.8 Å². The van der Waals surface area contributed by atoms with E-state index in [0.717, 1.165) is 4.90 Å². The van der Waals surface area contributed by atoms with Crippen LogP contribution in [0.3, 0.4) is 0 Å². The Morgan fingerprint density at radius 1 is 1.41 bits per heavy atom. The molecule has 17 heavy (non-hydrogen) atoms. The van der Waals surface area contributed by atoms with Crippen molar-refractivity contribution in [2.75, 3.05) is 20.1 Å². The van der Waals surface area contributed by atoms with Crippen molar-refractivity contribution in [1.82, 2.24) is 10.2 Å². The van der Waals surface area contributed by atoms with Gasteiger partial charge in [-0.1, -0.05) is 0 Å². The summed E-state index contributed by atoms with van der Waals surface area (Å²) in [7, 11) is 1.34. The third kappa shape index (κ3) is 8.06. The molecule has 0 saturated carbocycles. The lowest BCUT2D eigenvalue weighted by atomic mass is 10.2. The maximum absolute atomic E-state index is 11.3. The summed E-state index contributed by atoms with van der Waals surface area (Å²) in [5.74, 6) is -1.61. The van der Waals surface area contributed by atoms with Gasteiger partial charge in [-0.2, -0.15) is 0 Å². The van der Waals surface area contributed by atoms with Gasteiger partial charge in [0.15, 0.2) is 0 Å². The predicted octanol–water partition coefficient (Wildman–Crippen LogP) is 0.0541. The molecular weight excluding hydrogens is 230 g/mol. The molecule has 0 fully saturated rings. The highest BCUT2D eigenvalue weighted by Gasteiger charge is 2.18. The zero-order valence-electron chi connectivity index (χ0n) is 10.4. The molecule has 98 valence electrons. The fourth-order valence-electron chi connectivity index (χ4n) is 0.888. The molecule has 0 spiro atoms. The molecule has 0 rings (SSSR count). The lowest BCUT2D eigenvalue weighted by Crippen LogP contribution is -2.41. The van der Waals surface area contributed by atoms with Crippen molar-refractivity contribution in [3.05, 3.63) is 0 Å². The lowest BCUT2D eigenvalue weighted by Gasteiger charge is -2.20. The van der Waals surface area contributed by atoms with Crippen molar-refractivity contribution >= 4 is 18.0 Å². The van der Waals surface area contributed by atoms with E-state index >= 15 is 0 Å². The Kier molecular flexibility index (Phi) is 5.43. The molecule has 0 aliphatic rings. The first-order chi connectivity index (χ1) is 7.61. The van der Waals surface area contributed by atoms with E-state index < -0.39 is 30.1 Å². The van der Waals surface area contributed by atoms with Crippen LogP contribution in [0, 0.1) is 0 Å². The van der Waals surface area contributed by atoms with Crippen LogP contribution in [0.1, 0.15) is 20.8 Å². The van der Waals surface area contributed by atoms with Crippen LogP contribution in [-0.2, 0) is 14.3 Å². The summed E-state index contributed by atoms with van der Waals surface area (Å²) >= 11 is 0. The SMILES string of the molecule is CN(C[14C](=O)O)C(=O)CNC(=O)OC(C)(C)C. The molecule has 2 N–H and O–H groups in total. The smallest absolute Gasteiger partial charge is 0.408 e. The van der Waals surface area contributed by atoms with Gasteiger partial charge in [-0.15, -0.1) is 0 Å². The van der Waals surface area contributed by atoms with Crippen LogP contribution in [0.2, 0.25) is 0 Å². The monoisotopic (exact) mass is 248 g/mol. The number of rotatable bonds is 4. The number of amides is 2. The van der Waals surface area contributed by atoms with Gasteiger partial charge in [-0.3, -0.25) is 9.59 Å². The number of carboxylic acids is 1. The molecule has 7 heteroatoms. The highest BCUT2D eigenvalue weighted by Crippen LogP contribution is 2.06. The lowest BCUT2D eigenvalue weighted by molar-refractivity contribution is -0.143. The molecule has 0 aromatic rings. The van der Waals surface area contributed by atoms with Crippen molar-refractivity contribution in [2.45, 2.75) is 26.4 Å². The fourth-order valence-corrected chi connectivity index (χ4v) is 0.888. The van der Waals surface area contributed by atoms with E-state index in [0.29, 0.717) is 0 Å². The van der Waals surface area contributed by atoms with Crippen molar-refractivity contribution in [1.29, 1.82) is 0 Å². The zero-order valence-corrected chi connectivity index (χ0v) is 10.4. The molecule has 0 heterocycles. The Morgan fingerprint density at radius 2 is 1.94 bits per heavy atom. The summed E-state index contributed by atoms with van der Waals surface area (Å²) in [6.45, 7) is 4.40. The Labute approximate surface area is 99.7 Å². The number of nitrogens with zero attached hydrogens (tertiary/aromatic N) is 1. The second kappa shape index (κ2) is 6.07. The maximum atomic E-state index is 11.3. The highest BCUT2D eigenvalue weighted by atomic mass is 16.6. The number of likely N-dealkylation sites (N-methyl/N-ethyl adjacent to an activating group) is 1. The molecule has 0 aliphatic heterocycles. The first kappa shape index (κ1) is 15.2. The number of carboxylic acid groups (broad SMARTS) is 1. The minimum absolute atomic E-state index is 0.293. The number of ether oxygens (including phenoxy) is 1. The van der Waals surface area contributed by atoms with Crippen LogP contribution >= 0.6 is 0 Å². The van der Waals surface area contributed by atoms with Gasteiger partial charge in [0.2, 0.25) is 5.91 Å². The number of alkyl carbamates (subject to hydrolysis) is 1. The fraction of sp³-hybridized carbons (Fsp3) is 0.700. The number of carbonyl (C=O) groups excluding carboxylic acids is 2. The normalized spacial score (nSPS) is 10.6. The van der Waals surface area contributed by atoms with E-state index in [4.69, 9.17) is 9.84 Å². The van der Waals surface area contributed by atoms with Crippen molar-refractivity contribution in [3.63, 3.8) is 0 Å². The van der Waals surface area contributed by atoms with Gasteiger partial charge < -0.3 is 20.1 Å². The predicted molar refractivity (Wildman–Crippen MR) is 59.5 cm³/mol. The van der Waals surface area contributed by atoms with E-state index in [1.165, 1.54) is 7.05 Å². The van der Waals surface area contributed by atoms with Crippen LogP contribution < -0.4 is 5.32 Å². The largest absolute Gasteiger partial charge is 0.480 e. The van der Waals surface area contributed by atoms with E-state index in [9.17, 15) is 14.4 Å². The van der Waals surface area contributed by atoms with E-state index in [2.05, 4.69) is 5.32 Å². The minimum Gasteiger partial charge on any atom is -0.480 e. The summed E-state index contributed by atoms with van der Waals surface area (Å²) in [6.07, 6.45) is -0.713. The van der Waals surface area contributed by atoms with Gasteiger partial charge in [0.05, 0.1) is 0 Å². The molecule has 0 aliphatic carbocycles. The Balaban J connectivity index is 4.00.